The first-order valence-corrected chi connectivity index (χ1v) is 5.21. The molecule has 0 aromatic rings. The van der Waals surface area contributed by atoms with Crippen molar-refractivity contribution >= 4 is 0 Å². The van der Waals surface area contributed by atoms with Gasteiger partial charge in [-0.2, -0.15) is 10.2 Å². The van der Waals surface area contributed by atoms with Crippen molar-refractivity contribution < 1.29 is 10.2 Å². The van der Waals surface area contributed by atoms with E-state index in [1.807, 2.05) is 13.8 Å². The molecule has 0 radical (unpaired) electrons. The lowest BCUT2D eigenvalue weighted by molar-refractivity contribution is 0.0111. The molecule has 2 fully saturated rings. The maximum atomic E-state index is 9.18. The van der Waals surface area contributed by atoms with Crippen LogP contribution in [0.15, 0.2) is 10.2 Å². The standard InChI is InChI=1S/C10H18N2O2/c1-9(3-7(13)4-9)11-12-10(2)5-8(14)6-10/h7-8,13-14H,3-6H2,1-2H3. The summed E-state index contributed by atoms with van der Waals surface area (Å²) >= 11 is 0. The second kappa shape index (κ2) is 3.00. The maximum Gasteiger partial charge on any atom is 0.0837 e. The molecule has 0 aliphatic heterocycles. The lowest BCUT2D eigenvalue weighted by atomic mass is 9.75. The molecule has 0 aromatic heterocycles. The minimum Gasteiger partial charge on any atom is -0.393 e. The Morgan fingerprint density at radius 1 is 0.857 bits per heavy atom. The van der Waals surface area contributed by atoms with E-state index < -0.39 is 0 Å². The van der Waals surface area contributed by atoms with Crippen molar-refractivity contribution in [2.45, 2.75) is 62.8 Å². The average Bonchev–Trinajstić information content (AvgIpc) is 1.96. The van der Waals surface area contributed by atoms with Gasteiger partial charge in [0.15, 0.2) is 0 Å². The molecule has 0 bridgehead atoms. The third-order valence-electron chi connectivity index (χ3n) is 3.23. The summed E-state index contributed by atoms with van der Waals surface area (Å²) in [6.07, 6.45) is 2.48. The predicted octanol–water partition coefficient (Wildman–Crippen LogP) is 1.27. The summed E-state index contributed by atoms with van der Waals surface area (Å²) in [6.45, 7) is 4.03. The quantitative estimate of drug-likeness (QED) is 0.656. The molecule has 0 aromatic carbocycles. The summed E-state index contributed by atoms with van der Waals surface area (Å²) in [5.41, 5.74) is -0.300. The van der Waals surface area contributed by atoms with Crippen LogP contribution < -0.4 is 0 Å². The predicted molar refractivity (Wildman–Crippen MR) is 52.1 cm³/mol. The van der Waals surface area contributed by atoms with Crippen LogP contribution in [0.25, 0.3) is 0 Å². The summed E-state index contributed by atoms with van der Waals surface area (Å²) in [7, 11) is 0. The third kappa shape index (κ3) is 1.81. The molecular formula is C10H18N2O2. The number of rotatable bonds is 2. The van der Waals surface area contributed by atoms with E-state index in [0.717, 1.165) is 25.7 Å². The third-order valence-corrected chi connectivity index (χ3v) is 3.23. The Labute approximate surface area is 84.0 Å². The van der Waals surface area contributed by atoms with Crippen LogP contribution in [-0.4, -0.2) is 33.5 Å². The van der Waals surface area contributed by atoms with Gasteiger partial charge in [0, 0.05) is 25.7 Å². The van der Waals surface area contributed by atoms with Crippen LogP contribution in [0.4, 0.5) is 0 Å². The second-order valence-corrected chi connectivity index (χ2v) is 5.32. The van der Waals surface area contributed by atoms with Crippen molar-refractivity contribution in [2.75, 3.05) is 0 Å². The highest BCUT2D eigenvalue weighted by molar-refractivity contribution is 5.01. The van der Waals surface area contributed by atoms with E-state index in [0.29, 0.717) is 0 Å². The largest absolute Gasteiger partial charge is 0.393 e. The highest BCUT2D eigenvalue weighted by Crippen LogP contribution is 2.40. The Balaban J connectivity index is 1.88. The van der Waals surface area contributed by atoms with Gasteiger partial charge in [-0.3, -0.25) is 0 Å². The highest BCUT2D eigenvalue weighted by atomic mass is 16.3. The molecule has 0 heterocycles. The molecule has 14 heavy (non-hydrogen) atoms. The summed E-state index contributed by atoms with van der Waals surface area (Å²) < 4.78 is 0. The number of hydrogen-bond donors (Lipinski definition) is 2. The van der Waals surface area contributed by atoms with Gasteiger partial charge in [0.05, 0.1) is 23.3 Å². The molecule has 2 aliphatic carbocycles. The molecule has 0 saturated heterocycles. The fourth-order valence-electron chi connectivity index (χ4n) is 2.32. The number of hydrogen-bond acceptors (Lipinski definition) is 4. The zero-order chi connectivity index (χ0) is 10.4. The molecule has 80 valence electrons. The number of nitrogens with zero attached hydrogens (tertiary/aromatic N) is 2. The summed E-state index contributed by atoms with van der Waals surface area (Å²) in [4.78, 5) is 0. The molecule has 2 saturated carbocycles. The molecule has 2 rings (SSSR count). The van der Waals surface area contributed by atoms with Gasteiger partial charge in [0.1, 0.15) is 0 Å². The molecule has 0 atom stereocenters. The first kappa shape index (κ1) is 10.1. The van der Waals surface area contributed by atoms with Gasteiger partial charge in [-0.15, -0.1) is 0 Å². The first-order valence-electron chi connectivity index (χ1n) is 5.21. The summed E-state index contributed by atoms with van der Waals surface area (Å²) in [5, 5.41) is 27.0. The van der Waals surface area contributed by atoms with E-state index in [-0.39, 0.29) is 23.3 Å². The van der Waals surface area contributed by atoms with Gasteiger partial charge in [0.2, 0.25) is 0 Å². The minimum atomic E-state index is -0.196. The van der Waals surface area contributed by atoms with Crippen LogP contribution in [0.5, 0.6) is 0 Å². The van der Waals surface area contributed by atoms with E-state index in [9.17, 15) is 10.2 Å². The van der Waals surface area contributed by atoms with Gasteiger partial charge < -0.3 is 10.2 Å². The maximum absolute atomic E-state index is 9.18. The van der Waals surface area contributed by atoms with Crippen LogP contribution in [0.2, 0.25) is 0 Å². The fourth-order valence-corrected chi connectivity index (χ4v) is 2.32. The van der Waals surface area contributed by atoms with Crippen molar-refractivity contribution in [3.63, 3.8) is 0 Å². The van der Waals surface area contributed by atoms with Crippen LogP contribution in [0.1, 0.15) is 39.5 Å². The minimum absolute atomic E-state index is 0.150. The molecule has 2 N–H and O–H groups in total. The molecule has 4 nitrogen and oxygen atoms in total. The molecular weight excluding hydrogens is 180 g/mol. The Morgan fingerprint density at radius 2 is 1.14 bits per heavy atom. The highest BCUT2D eigenvalue weighted by Gasteiger charge is 2.43. The number of aliphatic hydroxyl groups is 2. The zero-order valence-electron chi connectivity index (χ0n) is 8.77. The molecule has 0 spiro atoms. The summed E-state index contributed by atoms with van der Waals surface area (Å²) in [5.74, 6) is 0. The van der Waals surface area contributed by atoms with Crippen molar-refractivity contribution in [1.82, 2.24) is 0 Å². The lowest BCUT2D eigenvalue weighted by Gasteiger charge is -2.41. The Bertz CT molecular complexity index is 227. The van der Waals surface area contributed by atoms with E-state index in [4.69, 9.17) is 0 Å². The topological polar surface area (TPSA) is 65.2 Å². The SMILES string of the molecule is CC1(N=NC2(C)CC(O)C2)CC(O)C1. The van der Waals surface area contributed by atoms with E-state index in [1.165, 1.54) is 0 Å². The van der Waals surface area contributed by atoms with Gasteiger partial charge in [-0.05, 0) is 13.8 Å². The van der Waals surface area contributed by atoms with Crippen molar-refractivity contribution in [1.29, 1.82) is 0 Å². The summed E-state index contributed by atoms with van der Waals surface area (Å²) in [6, 6.07) is 0. The smallest absolute Gasteiger partial charge is 0.0837 e. The van der Waals surface area contributed by atoms with Crippen molar-refractivity contribution in [3.8, 4) is 0 Å². The monoisotopic (exact) mass is 198 g/mol. The van der Waals surface area contributed by atoms with Gasteiger partial charge in [0.25, 0.3) is 0 Å². The van der Waals surface area contributed by atoms with Crippen LogP contribution in [0, 0.1) is 0 Å². The molecule has 4 heteroatoms. The number of azo groups is 1. The second-order valence-electron chi connectivity index (χ2n) is 5.32. The van der Waals surface area contributed by atoms with E-state index in [1.54, 1.807) is 0 Å². The first-order chi connectivity index (χ1) is 6.41. The van der Waals surface area contributed by atoms with Crippen LogP contribution >= 0.6 is 0 Å². The van der Waals surface area contributed by atoms with Crippen molar-refractivity contribution in [3.05, 3.63) is 0 Å². The van der Waals surface area contributed by atoms with Crippen LogP contribution in [0.3, 0.4) is 0 Å². The fraction of sp³-hybridized carbons (Fsp3) is 1.00. The normalized spacial score (nSPS) is 52.9. The molecule has 0 amide bonds. The van der Waals surface area contributed by atoms with E-state index in [2.05, 4.69) is 10.2 Å². The van der Waals surface area contributed by atoms with Gasteiger partial charge in [-0.25, -0.2) is 0 Å². The Hall–Kier alpha value is -0.480. The average molecular weight is 198 g/mol. The van der Waals surface area contributed by atoms with Gasteiger partial charge >= 0.3 is 0 Å². The van der Waals surface area contributed by atoms with E-state index >= 15 is 0 Å². The Morgan fingerprint density at radius 3 is 1.36 bits per heavy atom. The number of aliphatic hydroxyl groups excluding tert-OH is 2. The zero-order valence-corrected chi connectivity index (χ0v) is 8.77. The van der Waals surface area contributed by atoms with Gasteiger partial charge in [-0.1, -0.05) is 0 Å². The molecule has 0 unspecified atom stereocenters. The van der Waals surface area contributed by atoms with Crippen molar-refractivity contribution in [2.24, 2.45) is 10.2 Å². The Kier molecular flexibility index (Phi) is 2.16. The van der Waals surface area contributed by atoms with Crippen LogP contribution in [-0.2, 0) is 0 Å². The molecule has 2 aliphatic rings. The lowest BCUT2D eigenvalue weighted by Crippen LogP contribution is -2.45.